The van der Waals surface area contributed by atoms with Crippen molar-refractivity contribution in [2.24, 2.45) is 0 Å². The van der Waals surface area contributed by atoms with Crippen LogP contribution in [0.2, 0.25) is 0 Å². The number of hydrogen-bond acceptors (Lipinski definition) is 10. The molecule has 51 heavy (non-hydrogen) atoms. The Balaban J connectivity index is 1.17. The Bertz CT molecular complexity index is 2150. The lowest BCUT2D eigenvalue weighted by molar-refractivity contribution is -0.140. The molecule has 2 aliphatic rings. The van der Waals surface area contributed by atoms with Crippen LogP contribution in [0.5, 0.6) is 17.2 Å². The van der Waals surface area contributed by atoms with Crippen LogP contribution in [0.3, 0.4) is 0 Å². The Hall–Kier alpha value is -5.88. The van der Waals surface area contributed by atoms with Gasteiger partial charge in [0.15, 0.2) is 11.6 Å². The quantitative estimate of drug-likeness (QED) is 0.126. The molecular weight excluding hydrogens is 650 g/mol. The second-order valence-corrected chi connectivity index (χ2v) is 12.9. The summed E-state index contributed by atoms with van der Waals surface area (Å²) >= 11 is 0. The highest BCUT2D eigenvalue weighted by Crippen LogP contribution is 2.44. The van der Waals surface area contributed by atoms with Gasteiger partial charge in [0.05, 0.1) is 49.2 Å². The fourth-order valence-electron chi connectivity index (χ4n) is 7.08. The average Bonchev–Trinajstić information content (AvgIpc) is 3.85. The van der Waals surface area contributed by atoms with Gasteiger partial charge in [-0.15, -0.1) is 0 Å². The number of anilines is 3. The minimum atomic E-state index is -1.05. The Morgan fingerprint density at radius 2 is 1.69 bits per heavy atom. The maximum atomic E-state index is 12.1. The third kappa shape index (κ3) is 6.23. The number of aliphatic hydroxyl groups is 1. The molecule has 1 fully saturated rings. The zero-order chi connectivity index (χ0) is 35.1. The van der Waals surface area contributed by atoms with Gasteiger partial charge < -0.3 is 48.9 Å². The standard InChI is InChI=1S/C39H39N5O7/c1-48-27-9-4-23(5-10-27)21-43(22-24-6-11-28(49-2)12-7-24)39-42-29-18-25(8-13-32(29)51-39)35-36-34-30(41-35)19-26(20-33(34)50-17-3-15-40-36)44-16-14-31(45)37(44)38(46)47/h4-13,18-20,31,37,40-41,45H,3,14-17,21-22H2,1-2H3,(H,46,47)/t31-,37+/m1/s1. The van der Waals surface area contributed by atoms with E-state index >= 15 is 0 Å². The van der Waals surface area contributed by atoms with Crippen molar-refractivity contribution in [2.45, 2.75) is 38.1 Å². The highest BCUT2D eigenvalue weighted by atomic mass is 16.5. The Kier molecular flexibility index (Phi) is 8.52. The summed E-state index contributed by atoms with van der Waals surface area (Å²) in [6, 6.07) is 25.2. The molecule has 2 atom stereocenters. The van der Waals surface area contributed by atoms with Crippen molar-refractivity contribution in [3.8, 4) is 28.5 Å². The van der Waals surface area contributed by atoms with E-state index in [0.717, 1.165) is 63.4 Å². The number of aliphatic hydroxyl groups excluding tert-OH is 1. The van der Waals surface area contributed by atoms with Gasteiger partial charge in [-0.25, -0.2) is 4.79 Å². The van der Waals surface area contributed by atoms with Gasteiger partial charge in [0.1, 0.15) is 22.8 Å². The minimum Gasteiger partial charge on any atom is -0.497 e. The normalized spacial score (nSPS) is 17.1. The zero-order valence-electron chi connectivity index (χ0n) is 28.4. The molecule has 4 heterocycles. The van der Waals surface area contributed by atoms with Gasteiger partial charge in [0.25, 0.3) is 6.01 Å². The molecule has 0 bridgehead atoms. The molecule has 2 aliphatic heterocycles. The first-order chi connectivity index (χ1) is 24.9. The van der Waals surface area contributed by atoms with Crippen LogP contribution in [0.25, 0.3) is 33.3 Å². The molecule has 12 nitrogen and oxygen atoms in total. The first-order valence-electron chi connectivity index (χ1n) is 17.0. The molecule has 12 heteroatoms. The van der Waals surface area contributed by atoms with Gasteiger partial charge >= 0.3 is 5.97 Å². The number of hydrogen-bond donors (Lipinski definition) is 4. The molecule has 0 saturated carbocycles. The average molecular weight is 690 g/mol. The highest BCUT2D eigenvalue weighted by molar-refractivity contribution is 6.07. The Morgan fingerprint density at radius 1 is 0.980 bits per heavy atom. The number of carboxylic acids is 1. The van der Waals surface area contributed by atoms with Crippen molar-refractivity contribution in [1.29, 1.82) is 0 Å². The number of nitrogens with one attached hydrogen (secondary N) is 2. The number of nitrogens with zero attached hydrogens (tertiary/aromatic N) is 3. The molecule has 1 saturated heterocycles. The highest BCUT2D eigenvalue weighted by Gasteiger charge is 2.39. The van der Waals surface area contributed by atoms with Crippen molar-refractivity contribution in [3.05, 3.63) is 90.0 Å². The second kappa shape index (κ2) is 13.4. The second-order valence-electron chi connectivity index (χ2n) is 12.9. The largest absolute Gasteiger partial charge is 0.497 e. The van der Waals surface area contributed by atoms with Crippen LogP contribution in [-0.4, -0.2) is 72.2 Å². The third-order valence-corrected chi connectivity index (χ3v) is 9.68. The summed E-state index contributed by atoms with van der Waals surface area (Å²) in [6.07, 6.45) is 0.228. The minimum absolute atomic E-state index is 0.380. The van der Waals surface area contributed by atoms with Crippen LogP contribution < -0.4 is 29.3 Å². The number of methoxy groups -OCH3 is 2. The van der Waals surface area contributed by atoms with Crippen molar-refractivity contribution >= 4 is 45.4 Å². The monoisotopic (exact) mass is 689 g/mol. The van der Waals surface area contributed by atoms with Gasteiger partial charge in [-0.2, -0.15) is 4.98 Å². The molecule has 8 rings (SSSR count). The van der Waals surface area contributed by atoms with Crippen molar-refractivity contribution in [2.75, 3.05) is 49.0 Å². The van der Waals surface area contributed by atoms with E-state index in [9.17, 15) is 15.0 Å². The number of fused-ring (bicyclic) bond motifs is 1. The number of aromatic amines is 1. The van der Waals surface area contributed by atoms with Crippen LogP contribution in [-0.2, 0) is 17.9 Å². The number of carbonyl (C=O) groups is 1. The summed E-state index contributed by atoms with van der Waals surface area (Å²) in [7, 11) is 3.31. The summed E-state index contributed by atoms with van der Waals surface area (Å²) in [4.78, 5) is 24.5. The smallest absolute Gasteiger partial charge is 0.329 e. The van der Waals surface area contributed by atoms with Crippen LogP contribution in [0.4, 0.5) is 17.4 Å². The van der Waals surface area contributed by atoms with Gasteiger partial charge in [0, 0.05) is 43.5 Å². The molecular formula is C39H39N5O7. The van der Waals surface area contributed by atoms with Gasteiger partial charge in [0.2, 0.25) is 0 Å². The maximum Gasteiger partial charge on any atom is 0.329 e. The van der Waals surface area contributed by atoms with Crippen LogP contribution in [0.15, 0.2) is 83.3 Å². The molecule has 0 amide bonds. The number of H-pyrrole nitrogens is 1. The summed E-state index contributed by atoms with van der Waals surface area (Å²) in [5.41, 5.74) is 7.71. The summed E-state index contributed by atoms with van der Waals surface area (Å²) in [5.74, 6) is 1.20. The lowest BCUT2D eigenvalue weighted by Gasteiger charge is -2.26. The maximum absolute atomic E-state index is 12.1. The van der Waals surface area contributed by atoms with Gasteiger partial charge in [-0.05, 0) is 72.5 Å². The number of aliphatic carboxylic acids is 1. The number of benzene rings is 4. The number of aromatic nitrogens is 2. The van der Waals surface area contributed by atoms with E-state index in [0.29, 0.717) is 61.2 Å². The molecule has 0 radical (unpaired) electrons. The van der Waals surface area contributed by atoms with Crippen LogP contribution in [0, 0.1) is 0 Å². The zero-order valence-corrected chi connectivity index (χ0v) is 28.4. The third-order valence-electron chi connectivity index (χ3n) is 9.68. The first-order valence-corrected chi connectivity index (χ1v) is 17.0. The number of oxazole rings is 1. The van der Waals surface area contributed by atoms with Crippen LogP contribution in [0.1, 0.15) is 24.0 Å². The number of rotatable bonds is 10. The Morgan fingerprint density at radius 3 is 2.35 bits per heavy atom. The fraction of sp³-hybridized carbons (Fsp3) is 0.282. The van der Waals surface area contributed by atoms with Gasteiger partial charge in [-0.1, -0.05) is 24.3 Å². The van der Waals surface area contributed by atoms with E-state index in [1.54, 1.807) is 19.1 Å². The summed E-state index contributed by atoms with van der Waals surface area (Å²) in [6.45, 7) is 2.80. The fourth-order valence-corrected chi connectivity index (χ4v) is 7.08. The van der Waals surface area contributed by atoms with Crippen LogP contribution >= 0.6 is 0 Å². The van der Waals surface area contributed by atoms with Crippen molar-refractivity contribution in [1.82, 2.24) is 9.97 Å². The predicted molar refractivity (Wildman–Crippen MR) is 195 cm³/mol. The number of carboxylic acid groups (broad SMARTS) is 1. The SMILES string of the molecule is COc1ccc(CN(Cc2ccc(OC)cc2)c2nc3cc(-c4[nH]c5cc(N6CC[C@@H](O)[C@H]6C(=O)O)cc6c5c4NCCCO6)ccc3o2)cc1. The summed E-state index contributed by atoms with van der Waals surface area (Å²) in [5, 5.41) is 24.8. The molecule has 262 valence electrons. The van der Waals surface area contributed by atoms with Gasteiger partial charge in [-0.3, -0.25) is 0 Å². The summed E-state index contributed by atoms with van der Waals surface area (Å²) < 4.78 is 23.4. The van der Waals surface area contributed by atoms with Crippen molar-refractivity contribution in [3.63, 3.8) is 0 Å². The molecule has 6 aromatic rings. The Labute approximate surface area is 294 Å². The van der Waals surface area contributed by atoms with Crippen molar-refractivity contribution < 1.29 is 33.6 Å². The van der Waals surface area contributed by atoms with E-state index in [1.807, 2.05) is 78.9 Å². The molecule has 0 unspecified atom stereocenters. The molecule has 0 aliphatic carbocycles. The van der Waals surface area contributed by atoms with E-state index in [-0.39, 0.29) is 0 Å². The predicted octanol–water partition coefficient (Wildman–Crippen LogP) is 6.42. The molecule has 4 aromatic carbocycles. The lowest BCUT2D eigenvalue weighted by Crippen LogP contribution is -2.41. The lowest BCUT2D eigenvalue weighted by atomic mass is 10.1. The van der Waals surface area contributed by atoms with E-state index in [2.05, 4.69) is 15.2 Å². The molecule has 4 N–H and O–H groups in total. The van der Waals surface area contributed by atoms with E-state index in [1.165, 1.54) is 0 Å². The van der Waals surface area contributed by atoms with E-state index in [4.69, 9.17) is 23.6 Å². The molecule has 0 spiro atoms. The molecule has 2 aromatic heterocycles. The first kappa shape index (κ1) is 32.3. The topological polar surface area (TPSA) is 146 Å². The number of ether oxygens (including phenoxy) is 3. The van der Waals surface area contributed by atoms with E-state index < -0.39 is 18.1 Å².